The van der Waals surface area contributed by atoms with Gasteiger partial charge in [-0.05, 0) is 34.3 Å². The monoisotopic (exact) mass is 317 g/mol. The molecule has 1 aliphatic rings. The van der Waals surface area contributed by atoms with Gasteiger partial charge in [-0.2, -0.15) is 0 Å². The van der Waals surface area contributed by atoms with E-state index < -0.39 is 11.6 Å². The number of anilines is 1. The second kappa shape index (κ2) is 6.50. The Balaban J connectivity index is 1.84. The third kappa shape index (κ3) is 3.67. The van der Waals surface area contributed by atoms with Gasteiger partial charge in [-0.25, -0.2) is 8.78 Å². The van der Waals surface area contributed by atoms with Crippen LogP contribution in [-0.4, -0.2) is 6.54 Å². The molecule has 0 aliphatic heterocycles. The number of benzene rings is 1. The maximum atomic E-state index is 13.5. The van der Waals surface area contributed by atoms with Crippen LogP contribution < -0.4 is 5.32 Å². The highest BCUT2D eigenvalue weighted by Crippen LogP contribution is 2.27. The van der Waals surface area contributed by atoms with Crippen LogP contribution in [0.2, 0.25) is 0 Å². The Morgan fingerprint density at radius 1 is 1.11 bits per heavy atom. The molecule has 0 heterocycles. The first-order valence-electron chi connectivity index (χ1n) is 6.55. The van der Waals surface area contributed by atoms with E-state index in [1.54, 1.807) is 0 Å². The van der Waals surface area contributed by atoms with Gasteiger partial charge in [0.05, 0.1) is 10.2 Å². The molecule has 1 aromatic carbocycles. The van der Waals surface area contributed by atoms with Gasteiger partial charge < -0.3 is 5.32 Å². The van der Waals surface area contributed by atoms with Crippen LogP contribution in [0.1, 0.15) is 38.5 Å². The van der Waals surface area contributed by atoms with E-state index in [1.807, 2.05) is 0 Å². The van der Waals surface area contributed by atoms with Gasteiger partial charge in [-0.15, -0.1) is 0 Å². The maximum Gasteiger partial charge on any atom is 0.149 e. The van der Waals surface area contributed by atoms with Crippen molar-refractivity contribution in [1.29, 1.82) is 0 Å². The SMILES string of the molecule is Fc1cc(F)c(NCCC2CCCCC2)cc1Br. The van der Waals surface area contributed by atoms with Crippen molar-refractivity contribution in [3.63, 3.8) is 0 Å². The summed E-state index contributed by atoms with van der Waals surface area (Å²) in [4.78, 5) is 0. The molecule has 1 nitrogen and oxygen atoms in total. The molecular formula is C14H18BrF2N. The molecular weight excluding hydrogens is 300 g/mol. The second-order valence-corrected chi connectivity index (χ2v) is 5.82. The summed E-state index contributed by atoms with van der Waals surface area (Å²) in [6.07, 6.45) is 7.63. The van der Waals surface area contributed by atoms with Gasteiger partial charge in [0.1, 0.15) is 11.6 Å². The molecule has 1 aliphatic carbocycles. The van der Waals surface area contributed by atoms with Crippen LogP contribution in [-0.2, 0) is 0 Å². The Kier molecular flexibility index (Phi) is 4.98. The molecule has 0 aromatic heterocycles. The molecule has 4 heteroatoms. The molecule has 1 fully saturated rings. The van der Waals surface area contributed by atoms with E-state index in [2.05, 4.69) is 21.2 Å². The number of hydrogen-bond donors (Lipinski definition) is 1. The lowest BCUT2D eigenvalue weighted by Gasteiger charge is -2.21. The second-order valence-electron chi connectivity index (χ2n) is 4.97. The predicted octanol–water partition coefficient (Wildman–Crippen LogP) is 5.11. The first kappa shape index (κ1) is 13.8. The van der Waals surface area contributed by atoms with Crippen LogP contribution in [0, 0.1) is 17.6 Å². The standard InChI is InChI=1S/C14H18BrF2N/c15-11-8-14(13(17)9-12(11)16)18-7-6-10-4-2-1-3-5-10/h8-10,18H,1-7H2. The van der Waals surface area contributed by atoms with Crippen LogP contribution in [0.25, 0.3) is 0 Å². The molecule has 0 saturated heterocycles. The Hall–Kier alpha value is -0.640. The zero-order valence-corrected chi connectivity index (χ0v) is 11.9. The fourth-order valence-corrected chi connectivity index (χ4v) is 2.89. The zero-order valence-electron chi connectivity index (χ0n) is 10.3. The molecule has 0 radical (unpaired) electrons. The summed E-state index contributed by atoms with van der Waals surface area (Å²) in [5.41, 5.74) is 0.374. The predicted molar refractivity (Wildman–Crippen MR) is 73.7 cm³/mol. The largest absolute Gasteiger partial charge is 0.383 e. The van der Waals surface area contributed by atoms with Crippen molar-refractivity contribution in [3.8, 4) is 0 Å². The van der Waals surface area contributed by atoms with Gasteiger partial charge in [0.2, 0.25) is 0 Å². The molecule has 2 rings (SSSR count). The summed E-state index contributed by atoms with van der Waals surface area (Å²) < 4.78 is 26.8. The van der Waals surface area contributed by atoms with Crippen molar-refractivity contribution in [2.45, 2.75) is 38.5 Å². The van der Waals surface area contributed by atoms with Crippen LogP contribution in [0.15, 0.2) is 16.6 Å². The lowest BCUT2D eigenvalue weighted by molar-refractivity contribution is 0.345. The van der Waals surface area contributed by atoms with E-state index in [-0.39, 0.29) is 0 Å². The molecule has 0 amide bonds. The average Bonchev–Trinajstić information content (AvgIpc) is 2.37. The summed E-state index contributed by atoms with van der Waals surface area (Å²) >= 11 is 3.07. The topological polar surface area (TPSA) is 12.0 Å². The molecule has 1 saturated carbocycles. The van der Waals surface area contributed by atoms with Crippen molar-refractivity contribution in [2.75, 3.05) is 11.9 Å². The number of halogens is 3. The van der Waals surface area contributed by atoms with E-state index in [0.29, 0.717) is 10.2 Å². The number of hydrogen-bond acceptors (Lipinski definition) is 1. The van der Waals surface area contributed by atoms with Crippen molar-refractivity contribution >= 4 is 21.6 Å². The van der Waals surface area contributed by atoms with Gasteiger partial charge in [0, 0.05) is 12.6 Å². The van der Waals surface area contributed by atoms with Crippen molar-refractivity contribution in [3.05, 3.63) is 28.2 Å². The van der Waals surface area contributed by atoms with E-state index >= 15 is 0 Å². The highest BCUT2D eigenvalue weighted by molar-refractivity contribution is 9.10. The third-order valence-corrected chi connectivity index (χ3v) is 4.21. The summed E-state index contributed by atoms with van der Waals surface area (Å²) in [7, 11) is 0. The highest BCUT2D eigenvalue weighted by atomic mass is 79.9. The Labute approximate surface area is 115 Å². The lowest BCUT2D eigenvalue weighted by Crippen LogP contribution is -2.12. The molecule has 0 spiro atoms. The molecule has 0 bridgehead atoms. The molecule has 0 atom stereocenters. The van der Waals surface area contributed by atoms with E-state index in [9.17, 15) is 8.78 Å². The summed E-state index contributed by atoms with van der Waals surface area (Å²) in [6, 6.07) is 2.37. The quantitative estimate of drug-likeness (QED) is 0.761. The molecule has 1 aromatic rings. The van der Waals surface area contributed by atoms with Crippen molar-refractivity contribution in [1.82, 2.24) is 0 Å². The normalized spacial score (nSPS) is 16.8. The first-order valence-corrected chi connectivity index (χ1v) is 7.34. The van der Waals surface area contributed by atoms with Gasteiger partial charge in [-0.1, -0.05) is 32.1 Å². The zero-order chi connectivity index (χ0) is 13.0. The maximum absolute atomic E-state index is 13.5. The third-order valence-electron chi connectivity index (χ3n) is 3.60. The summed E-state index contributed by atoms with van der Waals surface area (Å²) in [5.74, 6) is -0.331. The average molecular weight is 318 g/mol. The minimum atomic E-state index is -0.565. The van der Waals surface area contributed by atoms with Gasteiger partial charge in [0.15, 0.2) is 0 Å². The fraction of sp³-hybridized carbons (Fsp3) is 0.571. The molecule has 18 heavy (non-hydrogen) atoms. The molecule has 1 N–H and O–H groups in total. The molecule has 100 valence electrons. The van der Waals surface area contributed by atoms with Crippen LogP contribution >= 0.6 is 15.9 Å². The van der Waals surface area contributed by atoms with Crippen LogP contribution in [0.5, 0.6) is 0 Å². The van der Waals surface area contributed by atoms with E-state index in [0.717, 1.165) is 24.9 Å². The Morgan fingerprint density at radius 3 is 2.56 bits per heavy atom. The first-order chi connectivity index (χ1) is 8.66. The smallest absolute Gasteiger partial charge is 0.149 e. The Morgan fingerprint density at radius 2 is 1.83 bits per heavy atom. The van der Waals surface area contributed by atoms with E-state index in [1.165, 1.54) is 38.2 Å². The van der Waals surface area contributed by atoms with Gasteiger partial charge in [0.25, 0.3) is 0 Å². The van der Waals surface area contributed by atoms with Gasteiger partial charge in [-0.3, -0.25) is 0 Å². The van der Waals surface area contributed by atoms with Crippen molar-refractivity contribution < 1.29 is 8.78 Å². The fourth-order valence-electron chi connectivity index (χ4n) is 2.54. The number of rotatable bonds is 4. The molecule has 0 unspecified atom stereocenters. The highest BCUT2D eigenvalue weighted by Gasteiger charge is 2.13. The number of nitrogens with one attached hydrogen (secondary N) is 1. The van der Waals surface area contributed by atoms with Crippen LogP contribution in [0.4, 0.5) is 14.5 Å². The Bertz CT molecular complexity index is 403. The van der Waals surface area contributed by atoms with Crippen molar-refractivity contribution in [2.24, 2.45) is 5.92 Å². The minimum absolute atomic E-state index is 0.295. The summed E-state index contributed by atoms with van der Waals surface area (Å²) in [6.45, 7) is 0.750. The van der Waals surface area contributed by atoms with Gasteiger partial charge >= 0.3 is 0 Å². The minimum Gasteiger partial charge on any atom is -0.383 e. The van der Waals surface area contributed by atoms with E-state index in [4.69, 9.17) is 0 Å². The summed E-state index contributed by atoms with van der Waals surface area (Å²) in [5, 5.41) is 3.06. The lowest BCUT2D eigenvalue weighted by atomic mass is 9.87. The van der Waals surface area contributed by atoms with Crippen LogP contribution in [0.3, 0.4) is 0 Å².